The Morgan fingerprint density at radius 1 is 1.43 bits per heavy atom. The molecule has 0 bridgehead atoms. The Hall–Kier alpha value is -1.12. The fourth-order valence-corrected chi connectivity index (χ4v) is 5.52. The van der Waals surface area contributed by atoms with Gasteiger partial charge >= 0.3 is 5.97 Å². The molecule has 2 aliphatic carbocycles. The monoisotopic (exact) mass is 320 g/mol. The number of fused-ring (bicyclic) bond motifs is 1. The Bertz CT molecular complexity index is 483. The summed E-state index contributed by atoms with van der Waals surface area (Å²) < 4.78 is 0. The van der Waals surface area contributed by atoms with Crippen LogP contribution in [0, 0.1) is 28.6 Å². The zero-order chi connectivity index (χ0) is 17.3. The van der Waals surface area contributed by atoms with Gasteiger partial charge in [0.25, 0.3) is 0 Å². The Balaban J connectivity index is 2.15. The van der Waals surface area contributed by atoms with Gasteiger partial charge in [-0.25, -0.2) is 0 Å². The normalized spacial score (nSPS) is 38.7. The summed E-state index contributed by atoms with van der Waals surface area (Å²) in [5.41, 5.74) is 1.27. The topological polar surface area (TPSA) is 54.4 Å². The molecular formula is C20H32O3. The van der Waals surface area contributed by atoms with Crippen LogP contribution < -0.4 is 0 Å². The van der Waals surface area contributed by atoms with E-state index in [0.717, 1.165) is 44.9 Å². The van der Waals surface area contributed by atoms with E-state index in [1.54, 1.807) is 0 Å². The number of aliphatic carboxylic acids is 1. The highest BCUT2D eigenvalue weighted by Crippen LogP contribution is 2.61. The lowest BCUT2D eigenvalue weighted by Gasteiger charge is -2.57. The van der Waals surface area contributed by atoms with Crippen molar-refractivity contribution in [3.05, 3.63) is 12.2 Å². The maximum Gasteiger partial charge on any atom is 0.303 e. The second-order valence-electron chi connectivity index (χ2n) is 8.57. The average molecular weight is 320 g/mol. The predicted octanol–water partition coefficient (Wildman–Crippen LogP) is 4.86. The summed E-state index contributed by atoms with van der Waals surface area (Å²) in [5, 5.41) is 8.96. The number of hydrogen-bond donors (Lipinski definition) is 1. The van der Waals surface area contributed by atoms with E-state index >= 15 is 0 Å². The third kappa shape index (κ3) is 3.54. The second-order valence-corrected chi connectivity index (χ2v) is 8.57. The van der Waals surface area contributed by atoms with Crippen molar-refractivity contribution in [2.75, 3.05) is 0 Å². The quantitative estimate of drug-likeness (QED) is 0.562. The lowest BCUT2D eigenvalue weighted by Crippen LogP contribution is -2.51. The molecule has 2 aliphatic rings. The van der Waals surface area contributed by atoms with Crippen LogP contribution >= 0.6 is 0 Å². The van der Waals surface area contributed by atoms with E-state index in [9.17, 15) is 9.59 Å². The van der Waals surface area contributed by atoms with Gasteiger partial charge in [-0.1, -0.05) is 39.3 Å². The summed E-state index contributed by atoms with van der Waals surface area (Å²) in [5.74, 6) is 0.351. The number of carboxylic acids is 1. The number of rotatable bonds is 6. The molecular weight excluding hydrogens is 288 g/mol. The predicted molar refractivity (Wildman–Crippen MR) is 92.1 cm³/mol. The van der Waals surface area contributed by atoms with E-state index in [0.29, 0.717) is 11.8 Å². The Morgan fingerprint density at radius 2 is 2.13 bits per heavy atom. The van der Waals surface area contributed by atoms with Gasteiger partial charge < -0.3 is 9.90 Å². The standard InChI is InChI=1S/C20H32O3/c1-14(12-18(22)23)6-8-16-15(2)7-9-17-19(3,13-21)10-5-11-20(16,17)4/h13-14,16-17H,2,5-12H2,1,3-4H3,(H,22,23)/t14-,16-,17+,19-,20-/m0/s1. The smallest absolute Gasteiger partial charge is 0.303 e. The molecule has 2 fully saturated rings. The molecule has 23 heavy (non-hydrogen) atoms. The van der Waals surface area contributed by atoms with Gasteiger partial charge in [-0.2, -0.15) is 0 Å². The van der Waals surface area contributed by atoms with Crippen molar-refractivity contribution < 1.29 is 14.7 Å². The van der Waals surface area contributed by atoms with Crippen LogP contribution in [0.25, 0.3) is 0 Å². The maximum atomic E-state index is 11.8. The number of carbonyl (C=O) groups excluding carboxylic acids is 1. The maximum absolute atomic E-state index is 11.8. The van der Waals surface area contributed by atoms with Gasteiger partial charge in [-0.15, -0.1) is 0 Å². The molecule has 2 saturated carbocycles. The van der Waals surface area contributed by atoms with Crippen LogP contribution in [0.2, 0.25) is 0 Å². The first-order valence-corrected chi connectivity index (χ1v) is 9.08. The zero-order valence-electron chi connectivity index (χ0n) is 14.9. The van der Waals surface area contributed by atoms with Crippen molar-refractivity contribution in [1.29, 1.82) is 0 Å². The lowest BCUT2D eigenvalue weighted by atomic mass is 9.47. The summed E-state index contributed by atoms with van der Waals surface area (Å²) >= 11 is 0. The van der Waals surface area contributed by atoms with Gasteiger partial charge in [-0.05, 0) is 61.7 Å². The fraction of sp³-hybridized carbons (Fsp3) is 0.800. The van der Waals surface area contributed by atoms with E-state index in [1.807, 2.05) is 6.92 Å². The van der Waals surface area contributed by atoms with Crippen molar-refractivity contribution in [3.63, 3.8) is 0 Å². The van der Waals surface area contributed by atoms with Crippen molar-refractivity contribution >= 4 is 12.3 Å². The van der Waals surface area contributed by atoms with Crippen molar-refractivity contribution in [1.82, 2.24) is 0 Å². The SMILES string of the molecule is C=C1CC[C@H]2[C@@](C)(CCC[C@@]2(C)C=O)[C@H]1CC[C@H](C)CC(=O)O. The highest BCUT2D eigenvalue weighted by molar-refractivity contribution is 5.66. The van der Waals surface area contributed by atoms with Gasteiger partial charge in [0.2, 0.25) is 0 Å². The summed E-state index contributed by atoms with van der Waals surface area (Å²) in [6.07, 6.45) is 8.75. The summed E-state index contributed by atoms with van der Waals surface area (Å²) in [6, 6.07) is 0. The van der Waals surface area contributed by atoms with E-state index in [4.69, 9.17) is 5.11 Å². The molecule has 0 aromatic heterocycles. The van der Waals surface area contributed by atoms with Gasteiger partial charge in [0.15, 0.2) is 0 Å². The first-order chi connectivity index (χ1) is 10.7. The molecule has 0 aromatic carbocycles. The highest BCUT2D eigenvalue weighted by atomic mass is 16.4. The van der Waals surface area contributed by atoms with Crippen LogP contribution in [0.1, 0.15) is 72.1 Å². The number of hydrogen-bond acceptors (Lipinski definition) is 2. The van der Waals surface area contributed by atoms with Crippen LogP contribution in [0.4, 0.5) is 0 Å². The largest absolute Gasteiger partial charge is 0.481 e. The van der Waals surface area contributed by atoms with E-state index in [1.165, 1.54) is 11.9 Å². The van der Waals surface area contributed by atoms with Crippen molar-refractivity contribution in [3.8, 4) is 0 Å². The number of carbonyl (C=O) groups is 2. The van der Waals surface area contributed by atoms with Crippen molar-refractivity contribution in [2.24, 2.45) is 28.6 Å². The third-order valence-corrected chi connectivity index (χ3v) is 6.81. The second kappa shape index (κ2) is 6.78. The highest BCUT2D eigenvalue weighted by Gasteiger charge is 2.54. The summed E-state index contributed by atoms with van der Waals surface area (Å²) in [4.78, 5) is 22.7. The third-order valence-electron chi connectivity index (χ3n) is 6.81. The molecule has 3 heteroatoms. The Kier molecular flexibility index (Phi) is 5.37. The zero-order valence-corrected chi connectivity index (χ0v) is 14.9. The molecule has 2 rings (SSSR count). The van der Waals surface area contributed by atoms with Crippen LogP contribution in [-0.4, -0.2) is 17.4 Å². The van der Waals surface area contributed by atoms with Crippen LogP contribution in [-0.2, 0) is 9.59 Å². The Labute approximate surface area is 140 Å². The molecule has 0 spiro atoms. The molecule has 0 heterocycles. The lowest BCUT2D eigenvalue weighted by molar-refractivity contribution is -0.138. The van der Waals surface area contributed by atoms with Crippen LogP contribution in [0.5, 0.6) is 0 Å². The molecule has 5 atom stereocenters. The molecule has 0 aliphatic heterocycles. The molecule has 130 valence electrons. The van der Waals surface area contributed by atoms with E-state index in [-0.39, 0.29) is 23.2 Å². The molecule has 1 N–H and O–H groups in total. The van der Waals surface area contributed by atoms with Crippen LogP contribution in [0.3, 0.4) is 0 Å². The van der Waals surface area contributed by atoms with Gasteiger partial charge in [0, 0.05) is 11.8 Å². The minimum atomic E-state index is -0.713. The fourth-order valence-electron chi connectivity index (χ4n) is 5.52. The van der Waals surface area contributed by atoms with Gasteiger partial charge in [-0.3, -0.25) is 4.79 Å². The van der Waals surface area contributed by atoms with E-state index in [2.05, 4.69) is 20.4 Å². The number of allylic oxidation sites excluding steroid dienone is 1. The minimum Gasteiger partial charge on any atom is -0.481 e. The first-order valence-electron chi connectivity index (χ1n) is 9.08. The molecule has 0 amide bonds. The molecule has 0 radical (unpaired) electrons. The van der Waals surface area contributed by atoms with Crippen molar-refractivity contribution in [2.45, 2.75) is 72.1 Å². The molecule has 0 saturated heterocycles. The van der Waals surface area contributed by atoms with Gasteiger partial charge in [0.1, 0.15) is 6.29 Å². The van der Waals surface area contributed by atoms with E-state index < -0.39 is 5.97 Å². The Morgan fingerprint density at radius 3 is 2.74 bits per heavy atom. The average Bonchev–Trinajstić information content (AvgIpc) is 2.45. The number of carboxylic acid groups (broad SMARTS) is 1. The molecule has 0 aromatic rings. The minimum absolute atomic E-state index is 0.145. The van der Waals surface area contributed by atoms with Gasteiger partial charge in [0.05, 0.1) is 0 Å². The molecule has 0 unspecified atom stereocenters. The van der Waals surface area contributed by atoms with Crippen LogP contribution in [0.15, 0.2) is 12.2 Å². The molecule has 3 nitrogen and oxygen atoms in total. The first kappa shape index (κ1) is 18.2. The summed E-state index contributed by atoms with van der Waals surface area (Å²) in [7, 11) is 0. The number of aldehydes is 1. The summed E-state index contributed by atoms with van der Waals surface area (Å²) in [6.45, 7) is 10.9.